The fraction of sp³-hybridized carbons (Fsp3) is 0.409. The Bertz CT molecular complexity index is 1040. The Hall–Kier alpha value is -1.76. The van der Waals surface area contributed by atoms with Gasteiger partial charge in [-0.25, -0.2) is 8.42 Å². The molecule has 8 heteroatoms. The van der Waals surface area contributed by atoms with E-state index in [9.17, 15) is 13.2 Å². The van der Waals surface area contributed by atoms with Crippen LogP contribution in [0.3, 0.4) is 0 Å². The fourth-order valence-corrected chi connectivity index (χ4v) is 6.25. The first-order valence-corrected chi connectivity index (χ1v) is 12.5. The Balaban J connectivity index is 1.83. The average molecular weight is 467 g/mol. The van der Waals surface area contributed by atoms with Gasteiger partial charge < -0.3 is 4.90 Å². The lowest BCUT2D eigenvalue weighted by atomic mass is 9.63. The van der Waals surface area contributed by atoms with Gasteiger partial charge in [0.1, 0.15) is 0 Å². The zero-order valence-corrected chi connectivity index (χ0v) is 19.1. The van der Waals surface area contributed by atoms with Gasteiger partial charge in [0.25, 0.3) is 0 Å². The Labute approximate surface area is 187 Å². The predicted octanol–water partition coefficient (Wildman–Crippen LogP) is 5.16. The molecule has 1 spiro atoms. The molecule has 5 nitrogen and oxygen atoms in total. The number of nitrogens with one attached hydrogen (secondary N) is 1. The minimum Gasteiger partial charge on any atom is -0.340 e. The third-order valence-electron chi connectivity index (χ3n) is 6.12. The predicted molar refractivity (Wildman–Crippen MR) is 121 cm³/mol. The molecular formula is C22H24Cl2N2O3S. The molecule has 1 amide bonds. The van der Waals surface area contributed by atoms with Crippen LogP contribution in [0.4, 0.5) is 11.4 Å². The Morgan fingerprint density at radius 2 is 1.53 bits per heavy atom. The Morgan fingerprint density at radius 3 is 2.03 bits per heavy atom. The molecule has 0 atom stereocenters. The van der Waals surface area contributed by atoms with Crippen LogP contribution < -0.4 is 9.62 Å². The molecule has 4 rings (SSSR count). The number of carbonyl (C=O) groups excluding carboxylic acids is 1. The number of carbonyl (C=O) groups is 1. The summed E-state index contributed by atoms with van der Waals surface area (Å²) in [4.78, 5) is 13.3. The molecule has 1 heterocycles. The highest BCUT2D eigenvalue weighted by atomic mass is 35.5. The van der Waals surface area contributed by atoms with Crippen LogP contribution in [0.25, 0.3) is 0 Å². The van der Waals surface area contributed by atoms with E-state index >= 15 is 0 Å². The van der Waals surface area contributed by atoms with E-state index in [1.165, 1.54) is 13.3 Å². The van der Waals surface area contributed by atoms with E-state index in [4.69, 9.17) is 23.2 Å². The van der Waals surface area contributed by atoms with Crippen molar-refractivity contribution in [1.82, 2.24) is 4.72 Å². The number of benzene rings is 2. The quantitative estimate of drug-likeness (QED) is 0.675. The number of anilines is 2. The van der Waals surface area contributed by atoms with Crippen LogP contribution in [0.2, 0.25) is 10.0 Å². The maximum atomic E-state index is 12.3. The van der Waals surface area contributed by atoms with Crippen LogP contribution in [0.5, 0.6) is 0 Å². The lowest BCUT2D eigenvalue weighted by Crippen LogP contribution is -2.41. The zero-order valence-electron chi connectivity index (χ0n) is 16.7. The van der Waals surface area contributed by atoms with E-state index in [1.807, 2.05) is 46.0 Å². The normalized spacial score (nSPS) is 17.4. The first-order chi connectivity index (χ1) is 14.2. The van der Waals surface area contributed by atoms with Gasteiger partial charge in [0.05, 0.1) is 5.75 Å². The summed E-state index contributed by atoms with van der Waals surface area (Å²) in [5, 5.41) is 1.32. The van der Waals surface area contributed by atoms with Crippen molar-refractivity contribution in [1.29, 1.82) is 0 Å². The summed E-state index contributed by atoms with van der Waals surface area (Å²) in [7, 11) is -3.73. The Kier molecular flexibility index (Phi) is 5.77. The van der Waals surface area contributed by atoms with Crippen LogP contribution in [0, 0.1) is 0 Å². The van der Waals surface area contributed by atoms with Crippen molar-refractivity contribution in [2.24, 2.45) is 0 Å². The van der Waals surface area contributed by atoms with Gasteiger partial charge in [0, 0.05) is 40.3 Å². The number of sulfonamides is 1. The van der Waals surface area contributed by atoms with Gasteiger partial charge in [-0.1, -0.05) is 42.5 Å². The van der Waals surface area contributed by atoms with E-state index in [1.54, 1.807) is 0 Å². The smallest absolute Gasteiger partial charge is 0.236 e. The largest absolute Gasteiger partial charge is 0.340 e. The number of nitrogens with zero attached hydrogens (tertiary/aromatic N) is 1. The van der Waals surface area contributed by atoms with Crippen molar-refractivity contribution in [3.05, 3.63) is 57.6 Å². The number of hydrogen-bond acceptors (Lipinski definition) is 4. The lowest BCUT2D eigenvalue weighted by Gasteiger charge is -2.47. The molecule has 2 aromatic carbocycles. The second kappa shape index (κ2) is 8.06. The molecule has 0 unspecified atom stereocenters. The molecule has 30 heavy (non-hydrogen) atoms. The van der Waals surface area contributed by atoms with E-state index in [0.29, 0.717) is 10.0 Å². The molecule has 1 aliphatic heterocycles. The van der Waals surface area contributed by atoms with Crippen LogP contribution in [0.1, 0.15) is 50.2 Å². The molecule has 1 aliphatic carbocycles. The fourth-order valence-electron chi connectivity index (χ4n) is 4.95. The topological polar surface area (TPSA) is 66.5 Å². The van der Waals surface area contributed by atoms with Crippen molar-refractivity contribution in [2.45, 2.75) is 44.4 Å². The van der Waals surface area contributed by atoms with Crippen LogP contribution in [0.15, 0.2) is 36.4 Å². The maximum Gasteiger partial charge on any atom is 0.236 e. The average Bonchev–Trinajstić information content (AvgIpc) is 2.68. The molecule has 0 aromatic heterocycles. The molecule has 0 saturated heterocycles. The third kappa shape index (κ3) is 3.93. The number of fused-ring (bicyclic) bond motifs is 4. The SMILES string of the molecule is CC(=O)NS(=O)(=O)CCN1c2ccc(Cl)cc2C2(CCCCC2)c2cc(Cl)ccc21. The zero-order chi connectivity index (χ0) is 21.5. The van der Waals surface area contributed by atoms with Crippen LogP contribution >= 0.6 is 23.2 Å². The maximum absolute atomic E-state index is 12.3. The summed E-state index contributed by atoms with van der Waals surface area (Å²) in [6.07, 6.45) is 5.45. The number of hydrogen-bond donors (Lipinski definition) is 1. The first kappa shape index (κ1) is 21.5. The molecule has 160 valence electrons. The highest BCUT2D eigenvalue weighted by Gasteiger charge is 2.44. The second-order valence-corrected chi connectivity index (χ2v) is 10.8. The molecule has 1 fully saturated rings. The molecular weight excluding hydrogens is 443 g/mol. The molecule has 1 saturated carbocycles. The van der Waals surface area contributed by atoms with E-state index in [-0.39, 0.29) is 17.7 Å². The summed E-state index contributed by atoms with van der Waals surface area (Å²) < 4.78 is 26.7. The summed E-state index contributed by atoms with van der Waals surface area (Å²) in [5.41, 5.74) is 4.01. The summed E-state index contributed by atoms with van der Waals surface area (Å²) in [6.45, 7) is 1.40. The van der Waals surface area contributed by atoms with Crippen LogP contribution in [-0.2, 0) is 20.2 Å². The summed E-state index contributed by atoms with van der Waals surface area (Å²) in [5.74, 6) is -0.793. The van der Waals surface area contributed by atoms with Gasteiger partial charge in [-0.15, -0.1) is 0 Å². The van der Waals surface area contributed by atoms with Gasteiger partial charge in [0.2, 0.25) is 15.9 Å². The van der Waals surface area contributed by atoms with E-state index in [2.05, 4.69) is 0 Å². The van der Waals surface area contributed by atoms with Crippen molar-refractivity contribution in [2.75, 3.05) is 17.2 Å². The highest BCUT2D eigenvalue weighted by Crippen LogP contribution is 2.56. The minimum atomic E-state index is -3.73. The van der Waals surface area contributed by atoms with Gasteiger partial charge in [0.15, 0.2) is 0 Å². The van der Waals surface area contributed by atoms with Crippen LogP contribution in [-0.4, -0.2) is 26.6 Å². The summed E-state index contributed by atoms with van der Waals surface area (Å²) >= 11 is 12.8. The van der Waals surface area contributed by atoms with Gasteiger partial charge in [-0.2, -0.15) is 0 Å². The molecule has 1 N–H and O–H groups in total. The van der Waals surface area contributed by atoms with E-state index in [0.717, 1.165) is 48.2 Å². The van der Waals surface area contributed by atoms with Gasteiger partial charge >= 0.3 is 0 Å². The van der Waals surface area contributed by atoms with Gasteiger partial charge in [-0.05, 0) is 60.4 Å². The number of amides is 1. The minimum absolute atomic E-state index is 0.175. The highest BCUT2D eigenvalue weighted by molar-refractivity contribution is 7.90. The van der Waals surface area contributed by atoms with Crippen molar-refractivity contribution >= 4 is 50.5 Å². The summed E-state index contributed by atoms with van der Waals surface area (Å²) in [6, 6.07) is 11.6. The number of rotatable bonds is 4. The monoisotopic (exact) mass is 466 g/mol. The van der Waals surface area contributed by atoms with Crippen molar-refractivity contribution < 1.29 is 13.2 Å². The van der Waals surface area contributed by atoms with Crippen molar-refractivity contribution in [3.8, 4) is 0 Å². The standard InChI is InChI=1S/C22H24Cl2N2O3S/c1-15(27)25-30(28,29)12-11-26-20-7-5-16(23)13-18(20)22(9-3-2-4-10-22)19-14-17(24)6-8-21(19)26/h5-8,13-14H,2-4,9-12H2,1H3,(H,25,27). The number of halogens is 2. The molecule has 0 bridgehead atoms. The molecule has 2 aromatic rings. The molecule has 2 aliphatic rings. The molecule has 0 radical (unpaired) electrons. The van der Waals surface area contributed by atoms with Gasteiger partial charge in [-0.3, -0.25) is 9.52 Å². The third-order valence-corrected chi connectivity index (χ3v) is 7.91. The van der Waals surface area contributed by atoms with Crippen molar-refractivity contribution in [3.63, 3.8) is 0 Å². The first-order valence-electron chi connectivity index (χ1n) is 10.1. The van der Waals surface area contributed by atoms with E-state index < -0.39 is 15.9 Å². The lowest BCUT2D eigenvalue weighted by molar-refractivity contribution is -0.117. The Morgan fingerprint density at radius 1 is 1.00 bits per heavy atom. The second-order valence-electron chi connectivity index (χ2n) is 8.09.